The number of nitrogens with one attached hydrogen (secondary N) is 2. The number of carbonyl (C=O) groups excluding carboxylic acids is 4. The SMILES string of the molecule is CC(C)c1ccc(NC(=O)N2CCCN(C(=O)CC(C)(C)C)CC2)cc1.CC(C)c1ccc(NC(=O)N2CCCN(C(=O)CCC(F)(F)F)CC2)cc1. The van der Waals surface area contributed by atoms with E-state index in [2.05, 4.69) is 71.2 Å². The second kappa shape index (κ2) is 19.7. The van der Waals surface area contributed by atoms with Gasteiger partial charge in [-0.25, -0.2) is 9.59 Å². The Hall–Kier alpha value is -4.29. The van der Waals surface area contributed by atoms with Gasteiger partial charge in [0.2, 0.25) is 11.8 Å². The Balaban J connectivity index is 0.000000286. The van der Waals surface area contributed by atoms with Crippen LogP contribution in [0.4, 0.5) is 34.1 Å². The van der Waals surface area contributed by atoms with Gasteiger partial charge in [0.25, 0.3) is 0 Å². The van der Waals surface area contributed by atoms with Crippen molar-refractivity contribution >= 4 is 35.3 Å². The zero-order valence-electron chi connectivity index (χ0n) is 32.5. The van der Waals surface area contributed by atoms with Gasteiger partial charge in [-0.15, -0.1) is 0 Å². The Morgan fingerprint density at radius 2 is 0.943 bits per heavy atom. The van der Waals surface area contributed by atoms with E-state index < -0.39 is 24.9 Å². The molecule has 6 amide bonds. The van der Waals surface area contributed by atoms with Crippen LogP contribution in [0.25, 0.3) is 0 Å². The molecule has 0 aromatic heterocycles. The van der Waals surface area contributed by atoms with Crippen LogP contribution >= 0.6 is 0 Å². The number of hydrogen-bond acceptors (Lipinski definition) is 4. The van der Waals surface area contributed by atoms with E-state index >= 15 is 0 Å². The summed E-state index contributed by atoms with van der Waals surface area (Å²) in [6.07, 6.45) is -4.09. The van der Waals surface area contributed by atoms with Gasteiger partial charge in [-0.3, -0.25) is 9.59 Å². The first-order valence-corrected chi connectivity index (χ1v) is 18.8. The summed E-state index contributed by atoms with van der Waals surface area (Å²) >= 11 is 0. The monoisotopic (exact) mass is 744 g/mol. The molecule has 0 bridgehead atoms. The van der Waals surface area contributed by atoms with Gasteiger partial charge >= 0.3 is 18.2 Å². The first-order valence-electron chi connectivity index (χ1n) is 18.8. The third-order valence-corrected chi connectivity index (χ3v) is 9.23. The molecule has 0 unspecified atom stereocenters. The molecule has 10 nitrogen and oxygen atoms in total. The number of rotatable bonds is 7. The van der Waals surface area contributed by atoms with Gasteiger partial charge in [-0.05, 0) is 65.5 Å². The lowest BCUT2D eigenvalue weighted by molar-refractivity contribution is -0.149. The third-order valence-electron chi connectivity index (χ3n) is 9.23. The average molecular weight is 745 g/mol. The van der Waals surface area contributed by atoms with E-state index in [-0.39, 0.29) is 29.9 Å². The maximum absolute atomic E-state index is 12.6. The van der Waals surface area contributed by atoms with Crippen LogP contribution in [0.5, 0.6) is 0 Å². The van der Waals surface area contributed by atoms with Gasteiger partial charge in [-0.1, -0.05) is 72.7 Å². The smallest absolute Gasteiger partial charge is 0.341 e. The predicted octanol–water partition coefficient (Wildman–Crippen LogP) is 8.53. The minimum absolute atomic E-state index is 0.0113. The number of anilines is 2. The Morgan fingerprint density at radius 3 is 1.30 bits per heavy atom. The molecule has 2 saturated heterocycles. The summed E-state index contributed by atoms with van der Waals surface area (Å²) in [6.45, 7) is 18.7. The highest BCUT2D eigenvalue weighted by Gasteiger charge is 2.30. The summed E-state index contributed by atoms with van der Waals surface area (Å²) in [6, 6.07) is 15.3. The molecule has 13 heteroatoms. The number of amides is 6. The van der Waals surface area contributed by atoms with Crippen LogP contribution in [-0.2, 0) is 9.59 Å². The Morgan fingerprint density at radius 1 is 0.585 bits per heavy atom. The number of halogens is 3. The van der Waals surface area contributed by atoms with Gasteiger partial charge in [0.15, 0.2) is 0 Å². The molecule has 0 spiro atoms. The van der Waals surface area contributed by atoms with Crippen LogP contribution < -0.4 is 10.6 Å². The van der Waals surface area contributed by atoms with Gasteiger partial charge in [-0.2, -0.15) is 13.2 Å². The summed E-state index contributed by atoms with van der Waals surface area (Å²) in [5.74, 6) is 0.547. The number of nitrogens with zero attached hydrogens (tertiary/aromatic N) is 4. The maximum atomic E-state index is 12.6. The highest BCUT2D eigenvalue weighted by atomic mass is 19.4. The normalized spacial score (nSPS) is 15.7. The van der Waals surface area contributed by atoms with Gasteiger partial charge in [0.05, 0.1) is 6.42 Å². The van der Waals surface area contributed by atoms with E-state index in [1.807, 2.05) is 41.3 Å². The molecule has 2 aromatic rings. The molecule has 0 atom stereocenters. The molecule has 4 rings (SSSR count). The largest absolute Gasteiger partial charge is 0.389 e. The van der Waals surface area contributed by atoms with Gasteiger partial charge in [0.1, 0.15) is 0 Å². The van der Waals surface area contributed by atoms with Crippen LogP contribution in [0.1, 0.15) is 104 Å². The lowest BCUT2D eigenvalue weighted by atomic mass is 9.91. The molecule has 53 heavy (non-hydrogen) atoms. The van der Waals surface area contributed by atoms with Crippen molar-refractivity contribution in [2.24, 2.45) is 5.41 Å². The van der Waals surface area contributed by atoms with Crippen LogP contribution in [0.15, 0.2) is 48.5 Å². The fraction of sp³-hybridized carbons (Fsp3) is 0.600. The second-order valence-electron chi connectivity index (χ2n) is 15.7. The average Bonchev–Trinajstić information content (AvgIpc) is 3.49. The van der Waals surface area contributed by atoms with Crippen molar-refractivity contribution in [1.29, 1.82) is 0 Å². The molecule has 0 saturated carbocycles. The highest BCUT2D eigenvalue weighted by Crippen LogP contribution is 2.23. The molecule has 2 fully saturated rings. The molecular formula is C40H59F3N6O4. The lowest BCUT2D eigenvalue weighted by Gasteiger charge is -2.25. The van der Waals surface area contributed by atoms with Gasteiger partial charge in [0, 0.05) is 76.6 Å². The van der Waals surface area contributed by atoms with Crippen LogP contribution in [0.3, 0.4) is 0 Å². The van der Waals surface area contributed by atoms with Crippen LogP contribution in [0.2, 0.25) is 0 Å². The first-order chi connectivity index (χ1) is 24.8. The zero-order valence-corrected chi connectivity index (χ0v) is 32.5. The van der Waals surface area contributed by atoms with Gasteiger partial charge < -0.3 is 30.2 Å². The Labute approximate surface area is 313 Å². The molecule has 2 N–H and O–H groups in total. The van der Waals surface area contributed by atoms with Crippen molar-refractivity contribution < 1.29 is 32.3 Å². The standard InChI is InChI=1S/C21H33N3O2.C19H26F3N3O2/c1-16(2)17-7-9-18(10-8-17)22-20(26)24-12-6-11-23(13-14-24)19(25)15-21(3,4)5;1-14(2)15-4-6-16(7-5-15)23-18(27)25-11-3-10-24(12-13-25)17(26)8-9-19(20,21)22/h7-10,16H,6,11-15H2,1-5H3,(H,22,26);4-7,14H,3,8-13H2,1-2H3,(H,23,27). The van der Waals surface area contributed by atoms with Crippen LogP contribution in [-0.4, -0.2) is 102 Å². The molecule has 294 valence electrons. The van der Waals surface area contributed by atoms with Crippen molar-refractivity contribution in [3.63, 3.8) is 0 Å². The van der Waals surface area contributed by atoms with E-state index in [9.17, 15) is 32.3 Å². The Kier molecular flexibility index (Phi) is 16.0. The molecule has 2 heterocycles. The van der Waals surface area contributed by atoms with E-state index in [0.717, 1.165) is 18.7 Å². The summed E-state index contributed by atoms with van der Waals surface area (Å²) in [7, 11) is 0. The van der Waals surface area contributed by atoms with E-state index in [0.29, 0.717) is 69.6 Å². The van der Waals surface area contributed by atoms with E-state index in [1.54, 1.807) is 9.80 Å². The van der Waals surface area contributed by atoms with E-state index in [4.69, 9.17) is 0 Å². The van der Waals surface area contributed by atoms with E-state index in [1.165, 1.54) is 16.0 Å². The van der Waals surface area contributed by atoms with Crippen molar-refractivity contribution in [2.75, 3.05) is 63.0 Å². The van der Waals surface area contributed by atoms with Crippen LogP contribution in [0, 0.1) is 5.41 Å². The number of hydrogen-bond donors (Lipinski definition) is 2. The minimum Gasteiger partial charge on any atom is -0.341 e. The zero-order chi connectivity index (χ0) is 39.3. The lowest BCUT2D eigenvalue weighted by Crippen LogP contribution is -2.40. The third kappa shape index (κ3) is 15.3. The first kappa shape index (κ1) is 43.1. The summed E-state index contributed by atoms with van der Waals surface area (Å²) in [5.41, 5.74) is 3.92. The number of carbonyl (C=O) groups is 4. The summed E-state index contributed by atoms with van der Waals surface area (Å²) in [5, 5.41) is 5.80. The molecule has 2 aliphatic heterocycles. The topological polar surface area (TPSA) is 105 Å². The molecule has 0 aliphatic carbocycles. The maximum Gasteiger partial charge on any atom is 0.389 e. The quantitative estimate of drug-likeness (QED) is 0.297. The predicted molar refractivity (Wildman–Crippen MR) is 204 cm³/mol. The number of alkyl halides is 3. The second-order valence-corrected chi connectivity index (χ2v) is 15.7. The molecule has 0 radical (unpaired) electrons. The molecule has 2 aliphatic rings. The van der Waals surface area contributed by atoms with Crippen molar-refractivity contribution in [1.82, 2.24) is 19.6 Å². The van der Waals surface area contributed by atoms with Crippen molar-refractivity contribution in [3.8, 4) is 0 Å². The summed E-state index contributed by atoms with van der Waals surface area (Å²) < 4.78 is 36.8. The molecule has 2 aromatic carbocycles. The Bertz CT molecular complexity index is 1490. The fourth-order valence-electron chi connectivity index (χ4n) is 6.02. The number of benzene rings is 2. The minimum atomic E-state index is -4.33. The van der Waals surface area contributed by atoms with Crippen molar-refractivity contribution in [3.05, 3.63) is 59.7 Å². The molecular weight excluding hydrogens is 685 g/mol. The number of urea groups is 2. The summed E-state index contributed by atoms with van der Waals surface area (Å²) in [4.78, 5) is 56.1. The van der Waals surface area contributed by atoms with Crippen molar-refractivity contribution in [2.45, 2.75) is 98.6 Å². The fourth-order valence-corrected chi connectivity index (χ4v) is 6.02. The highest BCUT2D eigenvalue weighted by molar-refractivity contribution is 5.90.